The molecule has 0 bridgehead atoms. The third-order valence-corrected chi connectivity index (χ3v) is 6.67. The Hall–Kier alpha value is -2.89. The van der Waals surface area contributed by atoms with Crippen LogP contribution in [-0.2, 0) is 29.0 Å². The average molecular weight is 515 g/mol. The minimum absolute atomic E-state index is 0.0111. The molecule has 0 saturated heterocycles. The summed E-state index contributed by atoms with van der Waals surface area (Å²) in [5, 5.41) is 3.78. The van der Waals surface area contributed by atoms with Crippen molar-refractivity contribution in [1.82, 2.24) is 10.2 Å². The lowest BCUT2D eigenvalue weighted by atomic mass is 10.0. The lowest BCUT2D eigenvalue weighted by molar-refractivity contribution is -0.141. The van der Waals surface area contributed by atoms with Gasteiger partial charge in [0.1, 0.15) is 11.9 Å². The largest absolute Gasteiger partial charge is 0.352 e. The zero-order valence-electron chi connectivity index (χ0n) is 19.8. The maximum Gasteiger partial charge on any atom is 0.243 e. The summed E-state index contributed by atoms with van der Waals surface area (Å²) >= 11 is 12.9. The molecule has 3 aromatic rings. The van der Waals surface area contributed by atoms with Crippen LogP contribution in [-0.4, -0.2) is 28.8 Å². The summed E-state index contributed by atoms with van der Waals surface area (Å²) in [5.74, 6) is -1.15. The predicted octanol–water partition coefficient (Wildman–Crippen LogP) is 6.23. The molecular formula is C28H29Cl2FN2O2. The lowest BCUT2D eigenvalue weighted by Crippen LogP contribution is -2.52. The van der Waals surface area contributed by atoms with E-state index in [-0.39, 0.29) is 36.9 Å². The molecule has 0 radical (unpaired) electrons. The standard InChI is InChI=1S/C28H29Cl2FN2O2/c1-3-19(2)32-28(35)26(16-20-10-5-4-6-11-20)33(18-22-23(29)13-9-14-24(22)30)27(34)17-21-12-7-8-15-25(21)31/h4-15,19,26H,3,16-18H2,1-2H3,(H,32,35)/t19-,26+/m1/s1. The molecule has 0 unspecified atom stereocenters. The second-order valence-electron chi connectivity index (χ2n) is 8.51. The van der Waals surface area contributed by atoms with Gasteiger partial charge in [-0.3, -0.25) is 9.59 Å². The first-order valence-electron chi connectivity index (χ1n) is 11.6. The van der Waals surface area contributed by atoms with E-state index < -0.39 is 17.8 Å². The third-order valence-electron chi connectivity index (χ3n) is 5.96. The molecule has 3 aromatic carbocycles. The summed E-state index contributed by atoms with van der Waals surface area (Å²) < 4.78 is 14.4. The Morgan fingerprint density at radius 2 is 1.57 bits per heavy atom. The quantitative estimate of drug-likeness (QED) is 0.348. The van der Waals surface area contributed by atoms with Crippen LogP contribution >= 0.6 is 23.2 Å². The fourth-order valence-corrected chi connectivity index (χ4v) is 4.27. The summed E-state index contributed by atoms with van der Waals surface area (Å²) in [5.41, 5.74) is 1.69. The number of rotatable bonds is 10. The van der Waals surface area contributed by atoms with Crippen LogP contribution in [0.4, 0.5) is 4.39 Å². The van der Waals surface area contributed by atoms with Crippen molar-refractivity contribution in [3.05, 3.63) is 105 Å². The van der Waals surface area contributed by atoms with Crippen molar-refractivity contribution in [2.24, 2.45) is 0 Å². The summed E-state index contributed by atoms with van der Waals surface area (Å²) in [4.78, 5) is 28.6. The molecule has 0 aromatic heterocycles. The van der Waals surface area contributed by atoms with Gasteiger partial charge in [-0.15, -0.1) is 0 Å². The van der Waals surface area contributed by atoms with Crippen LogP contribution in [0.5, 0.6) is 0 Å². The van der Waals surface area contributed by atoms with Crippen molar-refractivity contribution in [1.29, 1.82) is 0 Å². The van der Waals surface area contributed by atoms with Gasteiger partial charge in [-0.1, -0.05) is 84.7 Å². The normalized spacial score (nSPS) is 12.6. The van der Waals surface area contributed by atoms with Crippen LogP contribution in [0, 0.1) is 5.82 Å². The Morgan fingerprint density at radius 1 is 0.943 bits per heavy atom. The first-order chi connectivity index (χ1) is 16.8. The maximum atomic E-state index is 14.4. The van der Waals surface area contributed by atoms with Gasteiger partial charge in [-0.05, 0) is 42.7 Å². The van der Waals surface area contributed by atoms with Crippen LogP contribution in [0.2, 0.25) is 10.0 Å². The van der Waals surface area contributed by atoms with Crippen molar-refractivity contribution in [3.8, 4) is 0 Å². The minimum Gasteiger partial charge on any atom is -0.352 e. The Bertz CT molecular complexity index is 1140. The van der Waals surface area contributed by atoms with E-state index in [4.69, 9.17) is 23.2 Å². The number of nitrogens with one attached hydrogen (secondary N) is 1. The van der Waals surface area contributed by atoms with Crippen LogP contribution in [0.1, 0.15) is 37.0 Å². The van der Waals surface area contributed by atoms with Crippen molar-refractivity contribution < 1.29 is 14.0 Å². The topological polar surface area (TPSA) is 49.4 Å². The first-order valence-corrected chi connectivity index (χ1v) is 12.4. The number of amides is 2. The number of carbonyl (C=O) groups excluding carboxylic acids is 2. The van der Waals surface area contributed by atoms with E-state index >= 15 is 0 Å². The van der Waals surface area contributed by atoms with E-state index in [9.17, 15) is 14.0 Å². The van der Waals surface area contributed by atoms with Crippen molar-refractivity contribution in [3.63, 3.8) is 0 Å². The molecule has 3 rings (SSSR count). The van der Waals surface area contributed by atoms with Gasteiger partial charge in [0.2, 0.25) is 11.8 Å². The molecule has 184 valence electrons. The number of hydrogen-bond donors (Lipinski definition) is 1. The average Bonchev–Trinajstić information content (AvgIpc) is 2.84. The van der Waals surface area contributed by atoms with Crippen LogP contribution in [0.15, 0.2) is 72.8 Å². The number of halogens is 3. The van der Waals surface area contributed by atoms with E-state index in [2.05, 4.69) is 5.32 Å². The maximum absolute atomic E-state index is 14.4. The molecule has 0 fully saturated rings. The SMILES string of the molecule is CC[C@@H](C)NC(=O)[C@H](Cc1ccccc1)N(Cc1c(Cl)cccc1Cl)C(=O)Cc1ccccc1F. The van der Waals surface area contributed by atoms with Crippen molar-refractivity contribution in [2.75, 3.05) is 0 Å². The van der Waals surface area contributed by atoms with E-state index in [0.29, 0.717) is 15.6 Å². The summed E-state index contributed by atoms with van der Waals surface area (Å²) in [7, 11) is 0. The summed E-state index contributed by atoms with van der Waals surface area (Å²) in [6.45, 7) is 3.90. The van der Waals surface area contributed by atoms with Crippen molar-refractivity contribution in [2.45, 2.75) is 51.7 Å². The second kappa shape index (κ2) is 12.7. The van der Waals surface area contributed by atoms with Gasteiger partial charge in [-0.2, -0.15) is 0 Å². The molecule has 0 aliphatic rings. The highest BCUT2D eigenvalue weighted by atomic mass is 35.5. The molecule has 4 nitrogen and oxygen atoms in total. The second-order valence-corrected chi connectivity index (χ2v) is 9.33. The lowest BCUT2D eigenvalue weighted by Gasteiger charge is -2.33. The number of hydrogen-bond acceptors (Lipinski definition) is 2. The zero-order chi connectivity index (χ0) is 25.4. The Balaban J connectivity index is 2.03. The summed E-state index contributed by atoms with van der Waals surface area (Å²) in [6.07, 6.45) is 0.828. The van der Waals surface area contributed by atoms with E-state index in [1.165, 1.54) is 11.0 Å². The molecule has 35 heavy (non-hydrogen) atoms. The van der Waals surface area contributed by atoms with Gasteiger partial charge in [0, 0.05) is 34.6 Å². The highest BCUT2D eigenvalue weighted by Crippen LogP contribution is 2.27. The minimum atomic E-state index is -0.849. The molecule has 0 spiro atoms. The number of carbonyl (C=O) groups is 2. The monoisotopic (exact) mass is 514 g/mol. The molecular weight excluding hydrogens is 486 g/mol. The third kappa shape index (κ3) is 7.30. The molecule has 0 aliphatic carbocycles. The van der Waals surface area contributed by atoms with Gasteiger partial charge < -0.3 is 10.2 Å². The van der Waals surface area contributed by atoms with E-state index in [1.807, 2.05) is 44.2 Å². The van der Waals surface area contributed by atoms with Gasteiger partial charge in [0.25, 0.3) is 0 Å². The van der Waals surface area contributed by atoms with Crippen molar-refractivity contribution >= 4 is 35.0 Å². The van der Waals surface area contributed by atoms with Crippen LogP contribution in [0.3, 0.4) is 0 Å². The van der Waals surface area contributed by atoms with Gasteiger partial charge in [0.15, 0.2) is 0 Å². The van der Waals surface area contributed by atoms with E-state index in [1.54, 1.807) is 36.4 Å². The highest BCUT2D eigenvalue weighted by Gasteiger charge is 2.32. The molecule has 1 N–H and O–H groups in total. The summed E-state index contributed by atoms with van der Waals surface area (Å²) in [6, 6.07) is 19.8. The fourth-order valence-electron chi connectivity index (χ4n) is 3.76. The van der Waals surface area contributed by atoms with Gasteiger partial charge in [-0.25, -0.2) is 4.39 Å². The number of nitrogens with zero attached hydrogens (tertiary/aromatic N) is 1. The molecule has 0 heterocycles. The first kappa shape index (κ1) is 26.7. The predicted molar refractivity (Wildman–Crippen MR) is 139 cm³/mol. The van der Waals surface area contributed by atoms with Gasteiger partial charge >= 0.3 is 0 Å². The van der Waals surface area contributed by atoms with Gasteiger partial charge in [0.05, 0.1) is 6.42 Å². The molecule has 2 amide bonds. The van der Waals surface area contributed by atoms with E-state index in [0.717, 1.165) is 12.0 Å². The zero-order valence-corrected chi connectivity index (χ0v) is 21.3. The number of benzene rings is 3. The molecule has 2 atom stereocenters. The Morgan fingerprint density at radius 3 is 2.20 bits per heavy atom. The Labute approximate surface area is 216 Å². The fraction of sp³-hybridized carbons (Fsp3) is 0.286. The van der Waals surface area contributed by atoms with Crippen LogP contribution in [0.25, 0.3) is 0 Å². The molecule has 0 saturated carbocycles. The Kier molecular flexibility index (Phi) is 9.70. The molecule has 0 aliphatic heterocycles. The molecule has 7 heteroatoms. The smallest absolute Gasteiger partial charge is 0.243 e. The highest BCUT2D eigenvalue weighted by molar-refractivity contribution is 6.36. The van der Waals surface area contributed by atoms with Crippen LogP contribution < -0.4 is 5.32 Å².